The zero-order chi connectivity index (χ0) is 15.1. The zero-order valence-corrected chi connectivity index (χ0v) is 12.3. The van der Waals surface area contributed by atoms with E-state index in [0.717, 1.165) is 24.8 Å². The van der Waals surface area contributed by atoms with Crippen molar-refractivity contribution >= 4 is 6.09 Å². The predicted molar refractivity (Wildman–Crippen MR) is 80.6 cm³/mol. The number of aliphatic hydroxyl groups is 1. The highest BCUT2D eigenvalue weighted by molar-refractivity contribution is 5.67. The minimum atomic E-state index is -0.247. The summed E-state index contributed by atoms with van der Waals surface area (Å²) in [5.41, 5.74) is 6.75. The molecule has 2 rings (SSSR count). The van der Waals surface area contributed by atoms with Crippen molar-refractivity contribution < 1.29 is 14.6 Å². The van der Waals surface area contributed by atoms with Crippen LogP contribution in [0.3, 0.4) is 0 Å². The van der Waals surface area contributed by atoms with Crippen LogP contribution in [-0.2, 0) is 11.3 Å². The number of nitrogens with zero attached hydrogens (tertiary/aromatic N) is 1. The number of ether oxygens (including phenoxy) is 1. The van der Waals surface area contributed by atoms with Crippen molar-refractivity contribution in [2.24, 2.45) is 11.7 Å². The molecule has 0 spiro atoms. The fourth-order valence-corrected chi connectivity index (χ4v) is 2.66. The van der Waals surface area contributed by atoms with E-state index in [2.05, 4.69) is 0 Å². The molecule has 1 unspecified atom stereocenters. The Kier molecular flexibility index (Phi) is 6.02. The summed E-state index contributed by atoms with van der Waals surface area (Å²) in [4.78, 5) is 13.7. The number of hydrogen-bond acceptors (Lipinski definition) is 4. The molecule has 1 aromatic rings. The first kappa shape index (κ1) is 15.8. The predicted octanol–water partition coefficient (Wildman–Crippen LogP) is 1.74. The maximum atomic E-state index is 12.0. The Hall–Kier alpha value is -1.59. The molecule has 0 bridgehead atoms. The van der Waals surface area contributed by atoms with Crippen molar-refractivity contribution in [3.8, 4) is 0 Å². The van der Waals surface area contributed by atoms with E-state index in [1.807, 2.05) is 30.3 Å². The molecular formula is C16H24N2O3. The zero-order valence-electron chi connectivity index (χ0n) is 12.3. The van der Waals surface area contributed by atoms with E-state index in [9.17, 15) is 4.79 Å². The molecule has 3 N–H and O–H groups in total. The van der Waals surface area contributed by atoms with Gasteiger partial charge in [-0.1, -0.05) is 30.3 Å². The molecule has 1 amide bonds. The Balaban J connectivity index is 1.70. The summed E-state index contributed by atoms with van der Waals surface area (Å²) in [7, 11) is 0. The number of likely N-dealkylation sites (tertiary alicyclic amines) is 1. The molecule has 1 saturated heterocycles. The first-order valence-corrected chi connectivity index (χ1v) is 7.51. The van der Waals surface area contributed by atoms with Crippen LogP contribution in [0, 0.1) is 5.92 Å². The molecule has 1 fully saturated rings. The summed E-state index contributed by atoms with van der Waals surface area (Å²) in [6.07, 6.45) is 2.43. The maximum absolute atomic E-state index is 12.0. The van der Waals surface area contributed by atoms with E-state index in [1.165, 1.54) is 0 Å². The van der Waals surface area contributed by atoms with Crippen LogP contribution in [-0.4, -0.2) is 41.8 Å². The molecule has 1 atom stereocenters. The Bertz CT molecular complexity index is 430. The van der Waals surface area contributed by atoms with E-state index >= 15 is 0 Å². The standard InChI is InChI=1S/C16H24N2O3/c17-15(11-19)10-13-6-8-18(9-7-13)16(20)21-12-14-4-2-1-3-5-14/h1-5,13,15,19H,6-12,17H2. The highest BCUT2D eigenvalue weighted by atomic mass is 16.6. The summed E-state index contributed by atoms with van der Waals surface area (Å²) in [5.74, 6) is 0.491. The van der Waals surface area contributed by atoms with E-state index in [-0.39, 0.29) is 18.7 Å². The van der Waals surface area contributed by atoms with Gasteiger partial charge in [0, 0.05) is 19.1 Å². The average molecular weight is 292 g/mol. The quantitative estimate of drug-likeness (QED) is 0.867. The molecule has 1 aliphatic rings. The second-order valence-electron chi connectivity index (χ2n) is 5.65. The molecule has 5 nitrogen and oxygen atoms in total. The molecule has 1 heterocycles. The average Bonchev–Trinajstić information content (AvgIpc) is 2.54. The van der Waals surface area contributed by atoms with Crippen LogP contribution in [0.25, 0.3) is 0 Å². The van der Waals surface area contributed by atoms with Crippen molar-refractivity contribution in [1.29, 1.82) is 0 Å². The number of carbonyl (C=O) groups excluding carboxylic acids is 1. The highest BCUT2D eigenvalue weighted by Crippen LogP contribution is 2.22. The van der Waals surface area contributed by atoms with Crippen LogP contribution < -0.4 is 5.73 Å². The van der Waals surface area contributed by atoms with Gasteiger partial charge in [0.15, 0.2) is 0 Å². The molecular weight excluding hydrogens is 268 g/mol. The molecule has 21 heavy (non-hydrogen) atoms. The van der Waals surface area contributed by atoms with Gasteiger partial charge in [0.1, 0.15) is 6.61 Å². The van der Waals surface area contributed by atoms with Crippen molar-refractivity contribution in [3.63, 3.8) is 0 Å². The topological polar surface area (TPSA) is 75.8 Å². The fourth-order valence-electron chi connectivity index (χ4n) is 2.66. The van der Waals surface area contributed by atoms with Crippen LogP contribution in [0.1, 0.15) is 24.8 Å². The summed E-state index contributed by atoms with van der Waals surface area (Å²) in [5, 5.41) is 8.97. The van der Waals surface area contributed by atoms with E-state index in [1.54, 1.807) is 4.90 Å². The molecule has 0 aromatic heterocycles. The SMILES string of the molecule is NC(CO)CC1CCN(C(=O)OCc2ccccc2)CC1. The number of benzene rings is 1. The lowest BCUT2D eigenvalue weighted by Gasteiger charge is -2.32. The monoisotopic (exact) mass is 292 g/mol. The molecule has 0 saturated carbocycles. The summed E-state index contributed by atoms with van der Waals surface area (Å²) in [6, 6.07) is 9.53. The van der Waals surface area contributed by atoms with Gasteiger partial charge in [-0.2, -0.15) is 0 Å². The Morgan fingerprint density at radius 1 is 1.33 bits per heavy atom. The van der Waals surface area contributed by atoms with Crippen LogP contribution >= 0.6 is 0 Å². The van der Waals surface area contributed by atoms with Gasteiger partial charge in [-0.15, -0.1) is 0 Å². The second kappa shape index (κ2) is 8.00. The van der Waals surface area contributed by atoms with Gasteiger partial charge in [0.2, 0.25) is 0 Å². The van der Waals surface area contributed by atoms with Crippen LogP contribution in [0.2, 0.25) is 0 Å². The van der Waals surface area contributed by atoms with Gasteiger partial charge >= 0.3 is 6.09 Å². The Morgan fingerprint density at radius 3 is 2.62 bits per heavy atom. The number of rotatable bonds is 5. The number of nitrogens with two attached hydrogens (primary N) is 1. The van der Waals surface area contributed by atoms with E-state index in [4.69, 9.17) is 15.6 Å². The number of hydrogen-bond donors (Lipinski definition) is 2. The number of amides is 1. The van der Waals surface area contributed by atoms with Crippen LogP contribution in [0.5, 0.6) is 0 Å². The molecule has 0 radical (unpaired) electrons. The van der Waals surface area contributed by atoms with Crippen LogP contribution in [0.4, 0.5) is 4.79 Å². The van der Waals surface area contributed by atoms with E-state index < -0.39 is 0 Å². The highest BCUT2D eigenvalue weighted by Gasteiger charge is 2.24. The van der Waals surface area contributed by atoms with Gasteiger partial charge in [0.25, 0.3) is 0 Å². The lowest BCUT2D eigenvalue weighted by molar-refractivity contribution is 0.0800. The van der Waals surface area contributed by atoms with Gasteiger partial charge in [-0.25, -0.2) is 4.79 Å². The molecule has 116 valence electrons. The number of aliphatic hydroxyl groups excluding tert-OH is 1. The third kappa shape index (κ3) is 5.02. The third-order valence-corrected chi connectivity index (χ3v) is 3.95. The lowest BCUT2D eigenvalue weighted by atomic mass is 9.91. The van der Waals surface area contributed by atoms with E-state index in [0.29, 0.717) is 25.6 Å². The Morgan fingerprint density at radius 2 is 2.00 bits per heavy atom. The van der Waals surface area contributed by atoms with Gasteiger partial charge < -0.3 is 20.5 Å². The first-order valence-electron chi connectivity index (χ1n) is 7.51. The van der Waals surface area contributed by atoms with Crippen molar-refractivity contribution in [1.82, 2.24) is 4.90 Å². The summed E-state index contributed by atoms with van der Waals surface area (Å²) < 4.78 is 5.33. The molecule has 1 aromatic carbocycles. The minimum absolute atomic E-state index is 0.0271. The third-order valence-electron chi connectivity index (χ3n) is 3.95. The maximum Gasteiger partial charge on any atom is 0.410 e. The molecule has 1 aliphatic heterocycles. The fraction of sp³-hybridized carbons (Fsp3) is 0.562. The van der Waals surface area contributed by atoms with Crippen molar-refractivity contribution in [2.45, 2.75) is 31.9 Å². The number of carbonyl (C=O) groups is 1. The normalized spacial score (nSPS) is 17.5. The second-order valence-corrected chi connectivity index (χ2v) is 5.65. The van der Waals surface area contributed by atoms with Gasteiger partial charge in [0.05, 0.1) is 6.61 Å². The van der Waals surface area contributed by atoms with Crippen molar-refractivity contribution in [3.05, 3.63) is 35.9 Å². The Labute approximate surface area is 125 Å². The van der Waals surface area contributed by atoms with Crippen molar-refractivity contribution in [2.75, 3.05) is 19.7 Å². The summed E-state index contributed by atoms with van der Waals surface area (Å²) in [6.45, 7) is 1.75. The van der Waals surface area contributed by atoms with Gasteiger partial charge in [-0.05, 0) is 30.7 Å². The van der Waals surface area contributed by atoms with Gasteiger partial charge in [-0.3, -0.25) is 0 Å². The first-order chi connectivity index (χ1) is 10.2. The molecule has 5 heteroatoms. The largest absolute Gasteiger partial charge is 0.445 e. The summed E-state index contributed by atoms with van der Waals surface area (Å²) >= 11 is 0. The number of piperidine rings is 1. The van der Waals surface area contributed by atoms with Crippen LogP contribution in [0.15, 0.2) is 30.3 Å². The lowest BCUT2D eigenvalue weighted by Crippen LogP contribution is -2.40. The molecule has 0 aliphatic carbocycles. The minimum Gasteiger partial charge on any atom is -0.445 e. The smallest absolute Gasteiger partial charge is 0.410 e.